The van der Waals surface area contributed by atoms with E-state index in [1.807, 2.05) is 0 Å². The molecule has 0 saturated heterocycles. The molecule has 5 heteroatoms. The Morgan fingerprint density at radius 3 is 2.30 bits per heavy atom. The lowest BCUT2D eigenvalue weighted by molar-refractivity contribution is -0.161. The van der Waals surface area contributed by atoms with E-state index in [4.69, 9.17) is 4.74 Å². The molecule has 1 aliphatic carbocycles. The summed E-state index contributed by atoms with van der Waals surface area (Å²) in [6, 6.07) is 4.60. The molecule has 0 heterocycles. The molecule has 27 heavy (non-hydrogen) atoms. The fourth-order valence-electron chi connectivity index (χ4n) is 3.42. The Kier molecular flexibility index (Phi) is 5.86. The third kappa shape index (κ3) is 5.38. The average Bonchev–Trinajstić information content (AvgIpc) is 2.50. The third-order valence-corrected chi connectivity index (χ3v) is 4.86. The highest BCUT2D eigenvalue weighted by molar-refractivity contribution is 5.80. The number of halogens is 2. The van der Waals surface area contributed by atoms with Crippen LogP contribution >= 0.6 is 0 Å². The van der Waals surface area contributed by atoms with Crippen LogP contribution in [-0.4, -0.2) is 16.7 Å². The van der Waals surface area contributed by atoms with Crippen LogP contribution in [-0.2, 0) is 15.5 Å². The summed E-state index contributed by atoms with van der Waals surface area (Å²) in [6.07, 6.45) is 3.06. The number of hydrogen-bond donors (Lipinski definition) is 1. The summed E-state index contributed by atoms with van der Waals surface area (Å²) < 4.78 is 34.5. The SMILES string of the molecule is CC1(C)CC=C(c2cccc(C(C)(F)F)c2C(OC(C)(C)C)C(=O)O)CC1. The number of carbonyl (C=O) groups is 1. The van der Waals surface area contributed by atoms with Gasteiger partial charge < -0.3 is 9.84 Å². The van der Waals surface area contributed by atoms with Gasteiger partial charge in [-0.15, -0.1) is 0 Å². The maximum atomic E-state index is 14.4. The number of hydrogen-bond acceptors (Lipinski definition) is 2. The standard InChI is InChI=1S/C22H30F2O3/c1-20(2,3)27-18(19(25)26)17-15(8-7-9-16(17)22(6,23)24)14-10-12-21(4,5)13-11-14/h7-10,18H,11-13H2,1-6H3,(H,25,26). The fraction of sp³-hybridized carbons (Fsp3) is 0.591. The number of ether oxygens (including phenoxy) is 1. The van der Waals surface area contributed by atoms with E-state index >= 15 is 0 Å². The summed E-state index contributed by atoms with van der Waals surface area (Å²) in [5.41, 5.74) is 0.616. The van der Waals surface area contributed by atoms with E-state index in [9.17, 15) is 18.7 Å². The summed E-state index contributed by atoms with van der Waals surface area (Å²) in [7, 11) is 0. The van der Waals surface area contributed by atoms with E-state index in [-0.39, 0.29) is 16.5 Å². The van der Waals surface area contributed by atoms with Gasteiger partial charge in [0.05, 0.1) is 5.60 Å². The summed E-state index contributed by atoms with van der Waals surface area (Å²) in [4.78, 5) is 12.0. The van der Waals surface area contributed by atoms with Crippen LogP contribution in [0.15, 0.2) is 24.3 Å². The monoisotopic (exact) mass is 380 g/mol. The van der Waals surface area contributed by atoms with E-state index < -0.39 is 23.6 Å². The normalized spacial score (nSPS) is 18.7. The zero-order chi connectivity index (χ0) is 20.6. The van der Waals surface area contributed by atoms with Crippen LogP contribution < -0.4 is 0 Å². The molecule has 3 nitrogen and oxygen atoms in total. The van der Waals surface area contributed by atoms with Gasteiger partial charge >= 0.3 is 5.97 Å². The Balaban J connectivity index is 2.68. The molecule has 0 bridgehead atoms. The van der Waals surface area contributed by atoms with E-state index in [0.29, 0.717) is 5.56 Å². The van der Waals surface area contributed by atoms with Crippen molar-refractivity contribution in [2.24, 2.45) is 5.41 Å². The first-order chi connectivity index (χ1) is 12.2. The largest absolute Gasteiger partial charge is 0.479 e. The van der Waals surface area contributed by atoms with Crippen molar-refractivity contribution in [3.05, 3.63) is 41.0 Å². The van der Waals surface area contributed by atoms with Crippen LogP contribution in [0.5, 0.6) is 0 Å². The minimum Gasteiger partial charge on any atom is -0.479 e. The Bertz CT molecular complexity index is 737. The van der Waals surface area contributed by atoms with Gasteiger partial charge in [-0.25, -0.2) is 13.6 Å². The molecule has 1 aromatic carbocycles. The summed E-state index contributed by atoms with van der Waals surface area (Å²) >= 11 is 0. The second-order valence-electron chi connectivity index (χ2n) is 9.20. The lowest BCUT2D eigenvalue weighted by Gasteiger charge is -2.32. The highest BCUT2D eigenvalue weighted by Gasteiger charge is 2.38. The molecular weight excluding hydrogens is 350 g/mol. The van der Waals surface area contributed by atoms with Gasteiger partial charge in [0.1, 0.15) is 0 Å². The molecular formula is C22H30F2O3. The molecule has 1 N–H and O–H groups in total. The second-order valence-corrected chi connectivity index (χ2v) is 9.20. The Hall–Kier alpha value is -1.75. The molecule has 0 amide bonds. The van der Waals surface area contributed by atoms with Crippen molar-refractivity contribution in [3.63, 3.8) is 0 Å². The Morgan fingerprint density at radius 2 is 1.85 bits per heavy atom. The molecule has 0 aliphatic heterocycles. The number of alkyl halides is 2. The fourth-order valence-corrected chi connectivity index (χ4v) is 3.42. The predicted octanol–water partition coefficient (Wildman–Crippen LogP) is 6.33. The summed E-state index contributed by atoms with van der Waals surface area (Å²) in [6.45, 7) is 10.3. The summed E-state index contributed by atoms with van der Waals surface area (Å²) in [5.74, 6) is -4.44. The second kappa shape index (κ2) is 7.34. The Morgan fingerprint density at radius 1 is 1.22 bits per heavy atom. The lowest BCUT2D eigenvalue weighted by atomic mass is 9.75. The highest BCUT2D eigenvalue weighted by atomic mass is 19.3. The van der Waals surface area contributed by atoms with E-state index in [2.05, 4.69) is 19.9 Å². The maximum Gasteiger partial charge on any atom is 0.337 e. The van der Waals surface area contributed by atoms with Gasteiger partial charge in [0, 0.05) is 18.1 Å². The van der Waals surface area contributed by atoms with Gasteiger partial charge in [0.25, 0.3) is 5.92 Å². The molecule has 150 valence electrons. The van der Waals surface area contributed by atoms with E-state index in [1.54, 1.807) is 32.9 Å². The average molecular weight is 380 g/mol. The molecule has 2 rings (SSSR count). The third-order valence-electron chi connectivity index (χ3n) is 4.86. The minimum absolute atomic E-state index is 0.0679. The predicted molar refractivity (Wildman–Crippen MR) is 103 cm³/mol. The summed E-state index contributed by atoms with van der Waals surface area (Å²) in [5, 5.41) is 9.80. The lowest BCUT2D eigenvalue weighted by Crippen LogP contribution is -2.30. The zero-order valence-corrected chi connectivity index (χ0v) is 17.0. The van der Waals surface area contributed by atoms with Crippen LogP contribution in [0.1, 0.15) is 83.6 Å². The van der Waals surface area contributed by atoms with E-state index in [1.165, 1.54) is 6.07 Å². The molecule has 0 aromatic heterocycles. The van der Waals surface area contributed by atoms with Gasteiger partial charge in [-0.3, -0.25) is 0 Å². The molecule has 1 aliphatic rings. The molecule has 1 unspecified atom stereocenters. The minimum atomic E-state index is -3.17. The van der Waals surface area contributed by atoms with Crippen molar-refractivity contribution in [3.8, 4) is 0 Å². The topological polar surface area (TPSA) is 46.5 Å². The van der Waals surface area contributed by atoms with Crippen molar-refractivity contribution in [1.82, 2.24) is 0 Å². The van der Waals surface area contributed by atoms with Crippen molar-refractivity contribution in [1.29, 1.82) is 0 Å². The quantitative estimate of drug-likeness (QED) is 0.649. The van der Waals surface area contributed by atoms with Gasteiger partial charge in [-0.05, 0) is 56.6 Å². The van der Waals surface area contributed by atoms with Crippen LogP contribution in [0.3, 0.4) is 0 Å². The number of allylic oxidation sites excluding steroid dienone is 2. The smallest absolute Gasteiger partial charge is 0.337 e. The van der Waals surface area contributed by atoms with Crippen LogP contribution in [0.2, 0.25) is 0 Å². The molecule has 0 radical (unpaired) electrons. The van der Waals surface area contributed by atoms with Gasteiger partial charge in [-0.2, -0.15) is 0 Å². The number of rotatable bonds is 5. The molecule has 0 fully saturated rings. The Labute approximate surface area is 160 Å². The maximum absolute atomic E-state index is 14.4. The van der Waals surface area contributed by atoms with Crippen molar-refractivity contribution < 1.29 is 23.4 Å². The van der Waals surface area contributed by atoms with Crippen LogP contribution in [0.25, 0.3) is 5.57 Å². The number of aliphatic carboxylic acids is 1. The first-order valence-electron chi connectivity index (χ1n) is 9.32. The van der Waals surface area contributed by atoms with Gasteiger partial charge in [0.2, 0.25) is 0 Å². The molecule has 1 aromatic rings. The van der Waals surface area contributed by atoms with Crippen molar-refractivity contribution in [2.45, 2.75) is 78.4 Å². The molecule has 0 spiro atoms. The molecule has 0 saturated carbocycles. The first kappa shape index (κ1) is 21.5. The van der Waals surface area contributed by atoms with Crippen molar-refractivity contribution >= 4 is 11.5 Å². The number of benzene rings is 1. The first-order valence-corrected chi connectivity index (χ1v) is 9.32. The van der Waals surface area contributed by atoms with Gasteiger partial charge in [-0.1, -0.05) is 38.1 Å². The number of carboxylic acid groups (broad SMARTS) is 1. The van der Waals surface area contributed by atoms with E-state index in [0.717, 1.165) is 31.8 Å². The molecule has 1 atom stereocenters. The van der Waals surface area contributed by atoms with Crippen molar-refractivity contribution in [2.75, 3.05) is 0 Å². The zero-order valence-electron chi connectivity index (χ0n) is 17.0. The van der Waals surface area contributed by atoms with Gasteiger partial charge in [0.15, 0.2) is 6.10 Å². The highest BCUT2D eigenvalue weighted by Crippen LogP contribution is 2.44. The number of carboxylic acids is 1. The van der Waals surface area contributed by atoms with Crippen LogP contribution in [0.4, 0.5) is 8.78 Å². The van der Waals surface area contributed by atoms with Crippen LogP contribution in [0, 0.1) is 5.41 Å².